The van der Waals surface area contributed by atoms with Gasteiger partial charge in [-0.2, -0.15) is 4.57 Å². The van der Waals surface area contributed by atoms with Crippen LogP contribution < -0.4 is 4.57 Å². The Morgan fingerprint density at radius 1 is 1.12 bits per heavy atom. The fourth-order valence-corrected chi connectivity index (χ4v) is 3.43. The number of likely N-dealkylation sites (tertiary alicyclic amines) is 2. The number of rotatable bonds is 0. The van der Waals surface area contributed by atoms with Gasteiger partial charge in [-0.1, -0.05) is 0 Å². The number of carbonyl (C=O) groups excluding carboxylic acids is 2. The highest BCUT2D eigenvalue weighted by atomic mass is 16.6. The van der Waals surface area contributed by atoms with Crippen molar-refractivity contribution in [2.45, 2.75) is 39.2 Å². The zero-order valence-corrected chi connectivity index (χ0v) is 15.0. The molecule has 0 bridgehead atoms. The molecule has 24 heavy (non-hydrogen) atoms. The summed E-state index contributed by atoms with van der Waals surface area (Å²) in [5.74, 6) is 0. The predicted octanol–water partition coefficient (Wildman–Crippen LogP) is 1.61. The molecular weight excluding hydrogens is 308 g/mol. The lowest BCUT2D eigenvalue weighted by molar-refractivity contribution is -0.670. The first-order valence-corrected chi connectivity index (χ1v) is 8.48. The minimum atomic E-state index is -0.456. The van der Waals surface area contributed by atoms with Gasteiger partial charge in [-0.25, -0.2) is 14.2 Å². The van der Waals surface area contributed by atoms with E-state index in [-0.39, 0.29) is 17.5 Å². The number of imidazole rings is 1. The molecule has 132 valence electrons. The van der Waals surface area contributed by atoms with Gasteiger partial charge in [-0.3, -0.25) is 0 Å². The Labute approximate surface area is 142 Å². The van der Waals surface area contributed by atoms with Crippen molar-refractivity contribution in [2.24, 2.45) is 12.5 Å². The molecule has 7 heteroatoms. The Hall–Kier alpha value is -2.05. The van der Waals surface area contributed by atoms with E-state index in [1.807, 2.05) is 43.5 Å². The standard InChI is InChI=1S/C17H27N4O3/c1-16(2,3)24-15(23)21-11-17(12-21)5-7-19(8-6-17)14(22)20-10-9-18(4)13-20/h9-10,13H,5-8,11-12H2,1-4H3/q+1. The number of nitrogens with zero attached hydrogens (tertiary/aromatic N) is 4. The van der Waals surface area contributed by atoms with Crippen LogP contribution >= 0.6 is 0 Å². The van der Waals surface area contributed by atoms with E-state index in [1.165, 1.54) is 0 Å². The van der Waals surface area contributed by atoms with E-state index in [0.29, 0.717) is 0 Å². The summed E-state index contributed by atoms with van der Waals surface area (Å²) in [4.78, 5) is 28.2. The van der Waals surface area contributed by atoms with Crippen molar-refractivity contribution in [1.82, 2.24) is 14.4 Å². The lowest BCUT2D eigenvalue weighted by Gasteiger charge is -2.53. The summed E-state index contributed by atoms with van der Waals surface area (Å²) in [5.41, 5.74) is -0.294. The second-order valence-corrected chi connectivity index (χ2v) is 8.09. The third-order valence-electron chi connectivity index (χ3n) is 4.79. The van der Waals surface area contributed by atoms with Crippen LogP contribution in [0.1, 0.15) is 33.6 Å². The van der Waals surface area contributed by atoms with E-state index in [9.17, 15) is 9.59 Å². The maximum absolute atomic E-state index is 12.5. The monoisotopic (exact) mass is 335 g/mol. The number of amides is 2. The molecule has 0 aliphatic carbocycles. The molecule has 0 radical (unpaired) electrons. The van der Waals surface area contributed by atoms with Crippen LogP contribution in [0.4, 0.5) is 9.59 Å². The van der Waals surface area contributed by atoms with Crippen LogP contribution in [0, 0.1) is 5.41 Å². The van der Waals surface area contributed by atoms with Gasteiger partial charge in [-0.15, -0.1) is 0 Å². The summed E-state index contributed by atoms with van der Waals surface area (Å²) >= 11 is 0. The van der Waals surface area contributed by atoms with Gasteiger partial charge < -0.3 is 14.5 Å². The Bertz CT molecular complexity index is 631. The van der Waals surface area contributed by atoms with Gasteiger partial charge in [0.15, 0.2) is 0 Å². The minimum Gasteiger partial charge on any atom is -0.444 e. The molecule has 0 atom stereocenters. The van der Waals surface area contributed by atoms with Crippen molar-refractivity contribution in [3.63, 3.8) is 0 Å². The third-order valence-corrected chi connectivity index (χ3v) is 4.79. The van der Waals surface area contributed by atoms with E-state index in [2.05, 4.69) is 0 Å². The first-order chi connectivity index (χ1) is 11.2. The van der Waals surface area contributed by atoms with Crippen LogP contribution in [0.25, 0.3) is 0 Å². The number of aryl methyl sites for hydroxylation is 1. The van der Waals surface area contributed by atoms with Crippen LogP contribution in [0.3, 0.4) is 0 Å². The van der Waals surface area contributed by atoms with E-state index < -0.39 is 5.60 Å². The summed E-state index contributed by atoms with van der Waals surface area (Å²) in [5, 5.41) is 0. The summed E-state index contributed by atoms with van der Waals surface area (Å²) < 4.78 is 8.88. The first kappa shape index (κ1) is 16.8. The molecule has 0 N–H and O–H groups in total. The number of hydrogen-bond acceptors (Lipinski definition) is 3. The molecule has 2 aliphatic heterocycles. The van der Waals surface area contributed by atoms with Crippen LogP contribution in [0.2, 0.25) is 0 Å². The third kappa shape index (κ3) is 3.39. The normalized spacial score (nSPS) is 20.0. The molecule has 1 spiro atoms. The number of ether oxygens (including phenoxy) is 1. The molecule has 3 rings (SSSR count). The maximum atomic E-state index is 12.5. The Balaban J connectivity index is 1.50. The fraction of sp³-hybridized carbons (Fsp3) is 0.706. The van der Waals surface area contributed by atoms with Gasteiger partial charge in [0, 0.05) is 31.6 Å². The summed E-state index contributed by atoms with van der Waals surface area (Å²) in [6, 6.07) is 0.0220. The predicted molar refractivity (Wildman–Crippen MR) is 87.4 cm³/mol. The molecule has 0 unspecified atom stereocenters. The average molecular weight is 335 g/mol. The number of piperidine rings is 1. The van der Waals surface area contributed by atoms with Gasteiger partial charge in [0.25, 0.3) is 6.33 Å². The Morgan fingerprint density at radius 2 is 1.75 bits per heavy atom. The number of hydrogen-bond donors (Lipinski definition) is 0. The number of carbonyl (C=O) groups is 2. The second-order valence-electron chi connectivity index (χ2n) is 8.09. The summed E-state index contributed by atoms with van der Waals surface area (Å²) in [7, 11) is 1.90. The van der Waals surface area contributed by atoms with Crippen LogP contribution in [0.15, 0.2) is 18.7 Å². The molecule has 0 saturated carbocycles. The molecule has 2 fully saturated rings. The van der Waals surface area contributed by atoms with E-state index in [1.54, 1.807) is 22.0 Å². The van der Waals surface area contributed by atoms with Crippen LogP contribution in [-0.2, 0) is 11.8 Å². The van der Waals surface area contributed by atoms with Crippen molar-refractivity contribution in [3.8, 4) is 0 Å². The lowest BCUT2D eigenvalue weighted by atomic mass is 9.72. The van der Waals surface area contributed by atoms with Gasteiger partial charge in [0.05, 0.1) is 7.05 Å². The van der Waals surface area contributed by atoms with Gasteiger partial charge >= 0.3 is 12.1 Å². The maximum Gasteiger partial charge on any atom is 0.415 e. The first-order valence-electron chi connectivity index (χ1n) is 8.48. The van der Waals surface area contributed by atoms with Gasteiger partial charge in [0.1, 0.15) is 18.0 Å². The highest BCUT2D eigenvalue weighted by Crippen LogP contribution is 2.41. The molecule has 1 aromatic rings. The Morgan fingerprint density at radius 3 is 2.25 bits per heavy atom. The molecule has 2 aliphatic rings. The summed E-state index contributed by atoms with van der Waals surface area (Å²) in [6.45, 7) is 8.60. The lowest BCUT2D eigenvalue weighted by Crippen LogP contribution is -2.62. The van der Waals surface area contributed by atoms with Crippen molar-refractivity contribution in [3.05, 3.63) is 18.7 Å². The molecule has 3 heterocycles. The minimum absolute atomic E-state index is 0.0220. The van der Waals surface area contributed by atoms with Crippen molar-refractivity contribution in [1.29, 1.82) is 0 Å². The molecule has 0 aromatic carbocycles. The molecule has 2 saturated heterocycles. The van der Waals surface area contributed by atoms with Crippen molar-refractivity contribution < 1.29 is 18.9 Å². The molecular formula is C17H27N4O3+. The van der Waals surface area contributed by atoms with Crippen molar-refractivity contribution in [2.75, 3.05) is 26.2 Å². The number of aromatic nitrogens is 2. The zero-order chi connectivity index (χ0) is 17.5. The zero-order valence-electron chi connectivity index (χ0n) is 15.0. The van der Waals surface area contributed by atoms with E-state index in [0.717, 1.165) is 39.0 Å². The molecule has 2 amide bonds. The SMILES string of the molecule is C[n+]1ccn(C(=O)N2CCC3(CC2)CN(C(=O)OC(C)(C)C)C3)c1. The van der Waals surface area contributed by atoms with Crippen LogP contribution in [-0.4, -0.2) is 58.3 Å². The second kappa shape index (κ2) is 5.79. The summed E-state index contributed by atoms with van der Waals surface area (Å²) in [6.07, 6.45) is 7.05. The quantitative estimate of drug-likeness (QED) is 0.677. The van der Waals surface area contributed by atoms with Crippen LogP contribution in [0.5, 0.6) is 0 Å². The molecule has 1 aromatic heterocycles. The topological polar surface area (TPSA) is 58.7 Å². The Kier molecular flexibility index (Phi) is 4.05. The highest BCUT2D eigenvalue weighted by molar-refractivity contribution is 5.76. The van der Waals surface area contributed by atoms with E-state index >= 15 is 0 Å². The largest absolute Gasteiger partial charge is 0.444 e. The average Bonchev–Trinajstić information content (AvgIpc) is 2.89. The molecule has 7 nitrogen and oxygen atoms in total. The van der Waals surface area contributed by atoms with E-state index in [4.69, 9.17) is 4.74 Å². The van der Waals surface area contributed by atoms with Gasteiger partial charge in [-0.05, 0) is 33.6 Å². The fourth-order valence-electron chi connectivity index (χ4n) is 3.43. The van der Waals surface area contributed by atoms with Gasteiger partial charge in [0.2, 0.25) is 0 Å². The van der Waals surface area contributed by atoms with Crippen molar-refractivity contribution >= 4 is 12.1 Å². The smallest absolute Gasteiger partial charge is 0.415 e. The highest BCUT2D eigenvalue weighted by Gasteiger charge is 2.48.